The molecule has 0 unspecified atom stereocenters. The molecule has 10 heteroatoms. The van der Waals surface area contributed by atoms with E-state index in [1.807, 2.05) is 18.2 Å². The molecule has 0 spiro atoms. The molecule has 3 rings (SSSR count). The van der Waals surface area contributed by atoms with Crippen molar-refractivity contribution in [1.29, 1.82) is 0 Å². The minimum absolute atomic E-state index is 0.0216. The molecule has 0 aromatic carbocycles. The molecule has 2 aromatic heterocycles. The Hall–Kier alpha value is -2.88. The van der Waals surface area contributed by atoms with Crippen molar-refractivity contribution in [3.8, 4) is 0 Å². The third kappa shape index (κ3) is 5.32. The number of nitrogens with one attached hydrogen (secondary N) is 1. The summed E-state index contributed by atoms with van der Waals surface area (Å²) in [5.74, 6) is 0.574. The van der Waals surface area contributed by atoms with Gasteiger partial charge in [-0.25, -0.2) is 9.97 Å². The van der Waals surface area contributed by atoms with E-state index in [0.717, 1.165) is 30.7 Å². The van der Waals surface area contributed by atoms with Crippen molar-refractivity contribution >= 4 is 29.5 Å². The summed E-state index contributed by atoms with van der Waals surface area (Å²) in [6.45, 7) is 2.67. The molecule has 1 saturated heterocycles. The Kier molecular flexibility index (Phi) is 6.64. The maximum absolute atomic E-state index is 12.5. The van der Waals surface area contributed by atoms with Gasteiger partial charge in [-0.3, -0.25) is 14.4 Å². The maximum Gasteiger partial charge on any atom is 0.311 e. The number of anilines is 1. The highest BCUT2D eigenvalue weighted by atomic mass is 32.2. The number of thioether (sulfide) groups is 1. The van der Waals surface area contributed by atoms with E-state index in [-0.39, 0.29) is 23.6 Å². The van der Waals surface area contributed by atoms with E-state index in [4.69, 9.17) is 0 Å². The molecule has 1 aliphatic heterocycles. The van der Waals surface area contributed by atoms with Gasteiger partial charge < -0.3 is 19.5 Å². The van der Waals surface area contributed by atoms with E-state index in [2.05, 4.69) is 24.6 Å². The van der Waals surface area contributed by atoms with Crippen molar-refractivity contribution in [2.24, 2.45) is 0 Å². The number of rotatable bonds is 6. The van der Waals surface area contributed by atoms with E-state index >= 15 is 0 Å². The van der Waals surface area contributed by atoms with E-state index in [1.165, 1.54) is 13.2 Å². The van der Waals surface area contributed by atoms with Gasteiger partial charge in [-0.2, -0.15) is 0 Å². The molecule has 28 heavy (non-hydrogen) atoms. The number of ether oxygens (including phenoxy) is 1. The van der Waals surface area contributed by atoms with Gasteiger partial charge in [0.15, 0.2) is 5.16 Å². The van der Waals surface area contributed by atoms with Crippen LogP contribution in [-0.2, 0) is 20.7 Å². The number of H-pyrrole nitrogens is 1. The summed E-state index contributed by atoms with van der Waals surface area (Å²) >= 11 is 1.15. The third-order valence-electron chi connectivity index (χ3n) is 4.26. The fourth-order valence-electron chi connectivity index (χ4n) is 2.81. The Labute approximate surface area is 166 Å². The lowest BCUT2D eigenvalue weighted by Crippen LogP contribution is -2.49. The first-order valence-electron chi connectivity index (χ1n) is 8.79. The van der Waals surface area contributed by atoms with E-state index in [1.54, 1.807) is 11.1 Å². The van der Waals surface area contributed by atoms with Crippen LogP contribution >= 0.6 is 11.8 Å². The number of methoxy groups -OCH3 is 1. The van der Waals surface area contributed by atoms with Crippen molar-refractivity contribution in [3.63, 3.8) is 0 Å². The van der Waals surface area contributed by atoms with E-state index in [0.29, 0.717) is 23.9 Å². The van der Waals surface area contributed by atoms with Crippen LogP contribution < -0.4 is 10.5 Å². The molecule has 0 saturated carbocycles. The molecule has 0 radical (unpaired) electrons. The topological polar surface area (TPSA) is 108 Å². The number of esters is 1. The summed E-state index contributed by atoms with van der Waals surface area (Å²) < 4.78 is 4.58. The Morgan fingerprint density at radius 2 is 2.04 bits per heavy atom. The molecule has 3 heterocycles. The number of carbonyl (C=O) groups excluding carboxylic acids is 2. The lowest BCUT2D eigenvalue weighted by molar-refractivity contribution is -0.139. The lowest BCUT2D eigenvalue weighted by Gasteiger charge is -2.35. The molecular weight excluding hydrogens is 382 g/mol. The first kappa shape index (κ1) is 19.9. The molecule has 148 valence electrons. The summed E-state index contributed by atoms with van der Waals surface area (Å²) in [5, 5.41) is 0.312. The summed E-state index contributed by atoms with van der Waals surface area (Å²) in [5.41, 5.74) is -0.0534. The van der Waals surface area contributed by atoms with Gasteiger partial charge in [0.25, 0.3) is 5.56 Å². The van der Waals surface area contributed by atoms with Crippen LogP contribution in [0.1, 0.15) is 5.69 Å². The molecule has 1 amide bonds. The molecule has 1 N–H and O–H groups in total. The van der Waals surface area contributed by atoms with Gasteiger partial charge >= 0.3 is 5.97 Å². The fraction of sp³-hybridized carbons (Fsp3) is 0.389. The average Bonchev–Trinajstić information content (AvgIpc) is 2.72. The van der Waals surface area contributed by atoms with Crippen LogP contribution in [0.2, 0.25) is 0 Å². The molecule has 1 aliphatic rings. The van der Waals surface area contributed by atoms with Crippen molar-refractivity contribution in [2.45, 2.75) is 11.6 Å². The zero-order valence-corrected chi connectivity index (χ0v) is 16.3. The molecule has 9 nitrogen and oxygen atoms in total. The highest BCUT2D eigenvalue weighted by molar-refractivity contribution is 7.99. The van der Waals surface area contributed by atoms with Crippen LogP contribution in [-0.4, -0.2) is 70.8 Å². The van der Waals surface area contributed by atoms with E-state index in [9.17, 15) is 14.4 Å². The second-order valence-electron chi connectivity index (χ2n) is 6.14. The van der Waals surface area contributed by atoms with Gasteiger partial charge in [-0.1, -0.05) is 17.8 Å². The minimum Gasteiger partial charge on any atom is -0.469 e. The maximum atomic E-state index is 12.5. The zero-order chi connectivity index (χ0) is 19.9. The largest absolute Gasteiger partial charge is 0.469 e. The minimum atomic E-state index is -0.476. The van der Waals surface area contributed by atoms with Crippen LogP contribution in [0.3, 0.4) is 0 Å². The number of nitrogens with zero attached hydrogens (tertiary/aromatic N) is 4. The number of hydrogen-bond acceptors (Lipinski definition) is 8. The number of aromatic nitrogens is 3. The van der Waals surface area contributed by atoms with Gasteiger partial charge in [0.05, 0.1) is 25.0 Å². The highest BCUT2D eigenvalue weighted by Gasteiger charge is 2.22. The normalized spacial score (nSPS) is 14.0. The Morgan fingerprint density at radius 1 is 1.25 bits per heavy atom. The predicted octanol–water partition coefficient (Wildman–Crippen LogP) is 0.321. The van der Waals surface area contributed by atoms with Crippen LogP contribution in [0.25, 0.3) is 0 Å². The molecule has 1 fully saturated rings. The number of carbonyl (C=O) groups is 2. The summed E-state index contributed by atoms with van der Waals surface area (Å²) in [6.07, 6.45) is 1.67. The second-order valence-corrected chi connectivity index (χ2v) is 7.10. The number of pyridine rings is 1. The molecular formula is C18H21N5O4S. The van der Waals surface area contributed by atoms with Crippen LogP contribution in [0.4, 0.5) is 5.82 Å². The standard InChI is InChI=1S/C18H21N5O4S/c1-27-17(26)11-13-10-15(24)21-18(20-13)28-12-16(25)23-8-6-22(7-9-23)14-4-2-3-5-19-14/h2-5,10H,6-9,11-12H2,1H3,(H,20,21,24). The lowest BCUT2D eigenvalue weighted by atomic mass is 10.3. The Morgan fingerprint density at radius 3 is 2.71 bits per heavy atom. The van der Waals surface area contributed by atoms with Crippen molar-refractivity contribution in [2.75, 3.05) is 43.9 Å². The van der Waals surface area contributed by atoms with Crippen LogP contribution in [0, 0.1) is 0 Å². The summed E-state index contributed by atoms with van der Waals surface area (Å²) in [7, 11) is 1.28. The fourth-order valence-corrected chi connectivity index (χ4v) is 3.61. The quantitative estimate of drug-likeness (QED) is 0.417. The second kappa shape index (κ2) is 9.36. The molecule has 0 bridgehead atoms. The van der Waals surface area contributed by atoms with Gasteiger partial charge in [0.2, 0.25) is 5.91 Å². The number of amides is 1. The third-order valence-corrected chi connectivity index (χ3v) is 5.12. The molecule has 0 aliphatic carbocycles. The zero-order valence-electron chi connectivity index (χ0n) is 15.5. The molecule has 0 atom stereocenters. The molecule has 2 aromatic rings. The predicted molar refractivity (Wildman–Crippen MR) is 104 cm³/mol. The van der Waals surface area contributed by atoms with Crippen LogP contribution in [0.5, 0.6) is 0 Å². The Bertz CT molecular complexity index is 881. The van der Waals surface area contributed by atoms with Crippen LogP contribution in [0.15, 0.2) is 40.4 Å². The van der Waals surface area contributed by atoms with Gasteiger partial charge in [-0.15, -0.1) is 0 Å². The van der Waals surface area contributed by atoms with Gasteiger partial charge in [-0.05, 0) is 12.1 Å². The van der Waals surface area contributed by atoms with Crippen molar-refractivity contribution in [1.82, 2.24) is 19.9 Å². The SMILES string of the molecule is COC(=O)Cc1cc(=O)[nH]c(SCC(=O)N2CCN(c3ccccn3)CC2)n1. The first-order valence-corrected chi connectivity index (χ1v) is 9.77. The average molecular weight is 403 g/mol. The van der Waals surface area contributed by atoms with Crippen molar-refractivity contribution < 1.29 is 14.3 Å². The number of aromatic amines is 1. The summed E-state index contributed by atoms with van der Waals surface area (Å²) in [6, 6.07) is 7.02. The van der Waals surface area contributed by atoms with Gasteiger partial charge in [0.1, 0.15) is 5.82 Å². The first-order chi connectivity index (χ1) is 13.5. The smallest absolute Gasteiger partial charge is 0.311 e. The number of hydrogen-bond donors (Lipinski definition) is 1. The number of piperazine rings is 1. The van der Waals surface area contributed by atoms with E-state index < -0.39 is 5.97 Å². The van der Waals surface area contributed by atoms with Crippen molar-refractivity contribution in [3.05, 3.63) is 46.5 Å². The Balaban J connectivity index is 1.52. The highest BCUT2D eigenvalue weighted by Crippen LogP contribution is 2.16. The monoisotopic (exact) mass is 403 g/mol. The summed E-state index contributed by atoms with van der Waals surface area (Å²) in [4.78, 5) is 50.6. The van der Waals surface area contributed by atoms with Gasteiger partial charge in [0, 0.05) is 38.4 Å².